The fourth-order valence-electron chi connectivity index (χ4n) is 1.43. The Labute approximate surface area is 105 Å². The Balaban J connectivity index is 2.68. The van der Waals surface area contributed by atoms with Crippen LogP contribution in [0.5, 0.6) is 0 Å². The minimum atomic E-state index is -0.449. The van der Waals surface area contributed by atoms with Crippen LogP contribution in [0.2, 0.25) is 0 Å². The van der Waals surface area contributed by atoms with Crippen LogP contribution in [0.4, 0.5) is 8.78 Å². The molecule has 0 heterocycles. The molecule has 0 fully saturated rings. The molecule has 0 aliphatic rings. The third-order valence-electron chi connectivity index (χ3n) is 2.27. The highest BCUT2D eigenvalue weighted by molar-refractivity contribution is 7.99. The Morgan fingerprint density at radius 2 is 2.00 bits per heavy atom. The van der Waals surface area contributed by atoms with Gasteiger partial charge in [0.15, 0.2) is 0 Å². The molecule has 0 saturated heterocycles. The molecule has 0 aliphatic carbocycles. The van der Waals surface area contributed by atoms with E-state index in [0.717, 1.165) is 17.9 Å². The molecule has 0 saturated carbocycles. The van der Waals surface area contributed by atoms with Crippen molar-refractivity contribution in [1.82, 2.24) is 5.43 Å². The summed E-state index contributed by atoms with van der Waals surface area (Å²) in [6, 6.07) is 3.06. The average molecular weight is 260 g/mol. The summed E-state index contributed by atoms with van der Waals surface area (Å²) in [6.07, 6.45) is 0. The molecule has 2 nitrogen and oxygen atoms in total. The number of nitrogens with one attached hydrogen (secondary N) is 1. The van der Waals surface area contributed by atoms with Crippen LogP contribution in [0.25, 0.3) is 0 Å². The Kier molecular flexibility index (Phi) is 5.88. The maximum Gasteiger partial charge on any atom is 0.128 e. The quantitative estimate of drug-likeness (QED) is 0.610. The second-order valence-corrected chi connectivity index (χ2v) is 5.39. The molecule has 5 heteroatoms. The topological polar surface area (TPSA) is 38.0 Å². The molecule has 3 N–H and O–H groups in total. The molecule has 0 aromatic heterocycles. The molecule has 1 rings (SSSR count). The van der Waals surface area contributed by atoms with E-state index in [1.165, 1.54) is 6.07 Å². The van der Waals surface area contributed by atoms with Crippen molar-refractivity contribution < 1.29 is 8.78 Å². The summed E-state index contributed by atoms with van der Waals surface area (Å²) in [6.45, 7) is 4.22. The second kappa shape index (κ2) is 6.93. The van der Waals surface area contributed by atoms with E-state index in [0.29, 0.717) is 11.7 Å². The smallest absolute Gasteiger partial charge is 0.128 e. The van der Waals surface area contributed by atoms with Crippen molar-refractivity contribution >= 4 is 11.8 Å². The number of hydrazine groups is 1. The van der Waals surface area contributed by atoms with Gasteiger partial charge in [0.05, 0.1) is 6.04 Å². The molecular weight excluding hydrogens is 242 g/mol. The van der Waals surface area contributed by atoms with Gasteiger partial charge in [0, 0.05) is 11.3 Å². The van der Waals surface area contributed by atoms with Gasteiger partial charge in [0.1, 0.15) is 11.6 Å². The highest BCUT2D eigenvalue weighted by Crippen LogP contribution is 2.22. The first-order valence-electron chi connectivity index (χ1n) is 5.53. The predicted octanol–water partition coefficient (Wildman–Crippen LogP) is 2.86. The largest absolute Gasteiger partial charge is 0.271 e. The Morgan fingerprint density at radius 1 is 1.29 bits per heavy atom. The van der Waals surface area contributed by atoms with Gasteiger partial charge in [-0.1, -0.05) is 13.8 Å². The van der Waals surface area contributed by atoms with E-state index >= 15 is 0 Å². The number of thioether (sulfide) groups is 1. The van der Waals surface area contributed by atoms with Gasteiger partial charge in [0.2, 0.25) is 0 Å². The van der Waals surface area contributed by atoms with Crippen LogP contribution in [0.1, 0.15) is 25.5 Å². The summed E-state index contributed by atoms with van der Waals surface area (Å²) >= 11 is 1.67. The molecule has 96 valence electrons. The van der Waals surface area contributed by atoms with Crippen LogP contribution in [-0.2, 0) is 0 Å². The second-order valence-electron chi connectivity index (χ2n) is 4.32. The van der Waals surface area contributed by atoms with E-state index in [1.807, 2.05) is 0 Å². The van der Waals surface area contributed by atoms with Crippen LogP contribution < -0.4 is 11.3 Å². The van der Waals surface area contributed by atoms with Gasteiger partial charge in [-0.05, 0) is 29.9 Å². The highest BCUT2D eigenvalue weighted by Gasteiger charge is 2.15. The van der Waals surface area contributed by atoms with Crippen LogP contribution in [-0.4, -0.2) is 11.5 Å². The van der Waals surface area contributed by atoms with Crippen molar-refractivity contribution in [2.24, 2.45) is 11.8 Å². The van der Waals surface area contributed by atoms with Crippen molar-refractivity contribution in [2.75, 3.05) is 11.5 Å². The summed E-state index contributed by atoms with van der Waals surface area (Å²) in [5.41, 5.74) is 2.81. The summed E-state index contributed by atoms with van der Waals surface area (Å²) in [5.74, 6) is 6.66. The Morgan fingerprint density at radius 3 is 2.59 bits per heavy atom. The van der Waals surface area contributed by atoms with Gasteiger partial charge in [-0.3, -0.25) is 11.3 Å². The Hall–Kier alpha value is -0.650. The van der Waals surface area contributed by atoms with Gasteiger partial charge in [-0.25, -0.2) is 8.78 Å². The van der Waals surface area contributed by atoms with Gasteiger partial charge in [0.25, 0.3) is 0 Å². The minimum absolute atomic E-state index is 0.281. The maximum atomic E-state index is 13.5. The number of benzene rings is 1. The van der Waals surface area contributed by atoms with Gasteiger partial charge in [-0.15, -0.1) is 0 Å². The zero-order chi connectivity index (χ0) is 12.8. The standard InChI is InChI=1S/C12H18F2N2S/c1-8(2)6-17-7-12(16-15)10-5-9(13)3-4-11(10)14/h3-5,8,12,16H,6-7,15H2,1-2H3. The molecule has 0 amide bonds. The third-order valence-corrected chi connectivity index (χ3v) is 3.74. The summed E-state index contributed by atoms with van der Waals surface area (Å²) in [7, 11) is 0. The van der Waals surface area contributed by atoms with E-state index in [1.54, 1.807) is 11.8 Å². The number of halogens is 2. The number of hydrogen-bond donors (Lipinski definition) is 2. The molecule has 1 atom stereocenters. The lowest BCUT2D eigenvalue weighted by Crippen LogP contribution is -2.30. The van der Waals surface area contributed by atoms with E-state index in [4.69, 9.17) is 5.84 Å². The molecule has 1 aromatic carbocycles. The first-order valence-corrected chi connectivity index (χ1v) is 6.69. The summed E-state index contributed by atoms with van der Waals surface area (Å²) < 4.78 is 26.6. The van der Waals surface area contributed by atoms with Crippen LogP contribution >= 0.6 is 11.8 Å². The van der Waals surface area contributed by atoms with Crippen LogP contribution in [0.3, 0.4) is 0 Å². The van der Waals surface area contributed by atoms with E-state index in [-0.39, 0.29) is 11.6 Å². The van der Waals surface area contributed by atoms with Gasteiger partial charge in [-0.2, -0.15) is 11.8 Å². The molecule has 0 radical (unpaired) electrons. The van der Waals surface area contributed by atoms with E-state index < -0.39 is 11.6 Å². The number of nitrogens with two attached hydrogens (primary N) is 1. The third kappa shape index (κ3) is 4.61. The first-order chi connectivity index (χ1) is 8.04. The minimum Gasteiger partial charge on any atom is -0.271 e. The van der Waals surface area contributed by atoms with Gasteiger partial charge >= 0.3 is 0 Å². The number of hydrogen-bond acceptors (Lipinski definition) is 3. The lowest BCUT2D eigenvalue weighted by molar-refractivity contribution is 0.534. The molecule has 0 spiro atoms. The molecular formula is C12H18F2N2S. The maximum absolute atomic E-state index is 13.5. The zero-order valence-corrected chi connectivity index (χ0v) is 10.9. The SMILES string of the molecule is CC(C)CSCC(NN)c1cc(F)ccc1F. The van der Waals surface area contributed by atoms with Crippen molar-refractivity contribution in [3.63, 3.8) is 0 Å². The molecule has 1 unspecified atom stereocenters. The number of rotatable bonds is 6. The molecule has 1 aromatic rings. The lowest BCUT2D eigenvalue weighted by Gasteiger charge is -2.17. The van der Waals surface area contributed by atoms with Crippen LogP contribution in [0.15, 0.2) is 18.2 Å². The average Bonchev–Trinajstić information content (AvgIpc) is 2.28. The summed E-state index contributed by atoms with van der Waals surface area (Å²) in [5, 5.41) is 0. The molecule has 17 heavy (non-hydrogen) atoms. The molecule has 0 bridgehead atoms. The van der Waals surface area contributed by atoms with Crippen molar-refractivity contribution in [3.8, 4) is 0 Å². The first kappa shape index (κ1) is 14.4. The fraction of sp³-hybridized carbons (Fsp3) is 0.500. The van der Waals surface area contributed by atoms with Crippen molar-refractivity contribution in [2.45, 2.75) is 19.9 Å². The Bertz CT molecular complexity index is 358. The highest BCUT2D eigenvalue weighted by atomic mass is 32.2. The van der Waals surface area contributed by atoms with E-state index in [9.17, 15) is 8.78 Å². The molecule has 0 aliphatic heterocycles. The fourth-order valence-corrected chi connectivity index (χ4v) is 2.55. The van der Waals surface area contributed by atoms with E-state index in [2.05, 4.69) is 19.3 Å². The van der Waals surface area contributed by atoms with Crippen molar-refractivity contribution in [3.05, 3.63) is 35.4 Å². The predicted molar refractivity (Wildman–Crippen MR) is 68.6 cm³/mol. The zero-order valence-electron chi connectivity index (χ0n) is 10.0. The van der Waals surface area contributed by atoms with Crippen molar-refractivity contribution in [1.29, 1.82) is 0 Å². The lowest BCUT2D eigenvalue weighted by atomic mass is 10.1. The monoisotopic (exact) mass is 260 g/mol. The van der Waals surface area contributed by atoms with Gasteiger partial charge < -0.3 is 0 Å². The summed E-state index contributed by atoms with van der Waals surface area (Å²) in [4.78, 5) is 0. The van der Waals surface area contributed by atoms with Crippen LogP contribution in [0, 0.1) is 17.6 Å². The normalized spacial score (nSPS) is 13.1.